The summed E-state index contributed by atoms with van der Waals surface area (Å²) < 4.78 is 39.2. The molecule has 0 saturated heterocycles. The van der Waals surface area contributed by atoms with E-state index in [0.717, 1.165) is 5.56 Å². The van der Waals surface area contributed by atoms with E-state index in [4.69, 9.17) is 32.7 Å². The van der Waals surface area contributed by atoms with Crippen molar-refractivity contribution in [2.45, 2.75) is 23.9 Å². The first-order chi connectivity index (χ1) is 16.2. The predicted molar refractivity (Wildman–Crippen MR) is 132 cm³/mol. The van der Waals surface area contributed by atoms with Crippen molar-refractivity contribution in [2.75, 3.05) is 14.2 Å². The molecule has 2 N–H and O–H groups in total. The maximum atomic E-state index is 13.1. The van der Waals surface area contributed by atoms with Crippen LogP contribution in [0.4, 0.5) is 0 Å². The van der Waals surface area contributed by atoms with Crippen LogP contribution in [0.3, 0.4) is 0 Å². The molecule has 0 aromatic heterocycles. The van der Waals surface area contributed by atoms with Crippen molar-refractivity contribution in [3.8, 4) is 11.5 Å². The number of benzene rings is 3. The molecule has 3 rings (SSSR count). The summed E-state index contributed by atoms with van der Waals surface area (Å²) in [5.74, 6) is 0.144. The highest BCUT2D eigenvalue weighted by Crippen LogP contribution is 2.29. The lowest BCUT2D eigenvalue weighted by Crippen LogP contribution is -2.47. The number of amides is 1. The fraction of sp³-hybridized carbons (Fsp3) is 0.208. The average Bonchev–Trinajstić information content (AvgIpc) is 2.83. The number of hydrogen-bond acceptors (Lipinski definition) is 5. The van der Waals surface area contributed by atoms with E-state index >= 15 is 0 Å². The zero-order valence-corrected chi connectivity index (χ0v) is 20.9. The van der Waals surface area contributed by atoms with Gasteiger partial charge in [0.25, 0.3) is 0 Å². The first kappa shape index (κ1) is 25.8. The minimum absolute atomic E-state index is 0.0586. The third-order valence-electron chi connectivity index (χ3n) is 5.03. The molecule has 0 aliphatic heterocycles. The summed E-state index contributed by atoms with van der Waals surface area (Å²) in [5, 5.41) is 3.63. The van der Waals surface area contributed by atoms with Crippen LogP contribution in [-0.2, 0) is 27.8 Å². The van der Waals surface area contributed by atoms with Gasteiger partial charge in [0.15, 0.2) is 11.5 Å². The van der Waals surface area contributed by atoms with Gasteiger partial charge in [-0.05, 0) is 41.8 Å². The Balaban J connectivity index is 1.84. The van der Waals surface area contributed by atoms with E-state index in [1.165, 1.54) is 32.4 Å². The summed E-state index contributed by atoms with van der Waals surface area (Å²) >= 11 is 12.1. The topological polar surface area (TPSA) is 93.7 Å². The van der Waals surface area contributed by atoms with Gasteiger partial charge in [-0.15, -0.1) is 0 Å². The summed E-state index contributed by atoms with van der Waals surface area (Å²) in [4.78, 5) is 13.0. The summed E-state index contributed by atoms with van der Waals surface area (Å²) in [7, 11) is -1.20. The quantitative estimate of drug-likeness (QED) is 0.415. The van der Waals surface area contributed by atoms with Gasteiger partial charge in [-0.2, -0.15) is 4.72 Å². The van der Waals surface area contributed by atoms with Crippen LogP contribution in [0.1, 0.15) is 11.1 Å². The summed E-state index contributed by atoms with van der Waals surface area (Å²) in [6, 6.07) is 17.2. The normalized spacial score (nSPS) is 12.1. The molecule has 0 heterocycles. The van der Waals surface area contributed by atoms with E-state index in [0.29, 0.717) is 21.4 Å². The van der Waals surface area contributed by atoms with Gasteiger partial charge in [0, 0.05) is 22.7 Å². The third kappa shape index (κ3) is 6.64. The molecule has 7 nitrogen and oxygen atoms in total. The molecular weight excluding hydrogens is 499 g/mol. The lowest BCUT2D eigenvalue weighted by atomic mass is 10.1. The maximum absolute atomic E-state index is 13.1. The fourth-order valence-corrected chi connectivity index (χ4v) is 4.93. The number of halogens is 2. The minimum Gasteiger partial charge on any atom is -0.493 e. The number of hydrogen-bond donors (Lipinski definition) is 2. The largest absolute Gasteiger partial charge is 0.493 e. The van der Waals surface area contributed by atoms with Crippen molar-refractivity contribution in [1.82, 2.24) is 10.0 Å². The molecule has 34 heavy (non-hydrogen) atoms. The van der Waals surface area contributed by atoms with Crippen LogP contribution in [0.15, 0.2) is 71.6 Å². The molecule has 3 aromatic carbocycles. The standard InChI is InChI=1S/C24H24Cl2N2O5S/c1-32-22-11-10-19(14-23(22)33-2)34(30,31)28-21(12-16-6-4-3-5-7-16)24(29)27-15-17-8-9-18(25)13-20(17)26/h3-11,13-14,21,28H,12,15H2,1-2H3,(H,27,29). The molecule has 10 heteroatoms. The molecule has 1 amide bonds. The number of methoxy groups -OCH3 is 2. The Kier molecular flexibility index (Phi) is 8.79. The molecular formula is C24H24Cl2N2O5S. The van der Waals surface area contributed by atoms with Gasteiger partial charge in [-0.3, -0.25) is 4.79 Å². The molecule has 1 atom stereocenters. The molecule has 180 valence electrons. The smallest absolute Gasteiger partial charge is 0.241 e. The SMILES string of the molecule is COc1ccc(S(=O)(=O)NC(Cc2ccccc2)C(=O)NCc2ccc(Cl)cc2Cl)cc1OC. The zero-order valence-electron chi connectivity index (χ0n) is 18.5. The van der Waals surface area contributed by atoms with Crippen LogP contribution in [0.2, 0.25) is 10.0 Å². The minimum atomic E-state index is -4.07. The van der Waals surface area contributed by atoms with Crippen LogP contribution in [0.5, 0.6) is 11.5 Å². The average molecular weight is 523 g/mol. The molecule has 1 unspecified atom stereocenters. The van der Waals surface area contributed by atoms with E-state index in [2.05, 4.69) is 10.0 Å². The van der Waals surface area contributed by atoms with Crippen LogP contribution >= 0.6 is 23.2 Å². The van der Waals surface area contributed by atoms with E-state index in [9.17, 15) is 13.2 Å². The summed E-state index contributed by atoms with van der Waals surface area (Å²) in [6.07, 6.45) is 0.146. The highest BCUT2D eigenvalue weighted by atomic mass is 35.5. The first-order valence-corrected chi connectivity index (χ1v) is 12.5. The van der Waals surface area contributed by atoms with Gasteiger partial charge in [0.05, 0.1) is 19.1 Å². The zero-order chi connectivity index (χ0) is 24.7. The Hall–Kier alpha value is -2.78. The van der Waals surface area contributed by atoms with E-state index < -0.39 is 22.0 Å². The molecule has 0 aliphatic rings. The molecule has 0 fully saturated rings. The van der Waals surface area contributed by atoms with Gasteiger partial charge in [0.2, 0.25) is 15.9 Å². The Bertz CT molecular complexity index is 1250. The van der Waals surface area contributed by atoms with Crippen molar-refractivity contribution in [2.24, 2.45) is 0 Å². The maximum Gasteiger partial charge on any atom is 0.241 e. The molecule has 0 saturated carbocycles. The first-order valence-electron chi connectivity index (χ1n) is 10.2. The molecule has 0 radical (unpaired) electrons. The number of sulfonamides is 1. The Morgan fingerprint density at radius 1 is 0.941 bits per heavy atom. The number of ether oxygens (including phenoxy) is 2. The highest BCUT2D eigenvalue weighted by molar-refractivity contribution is 7.89. The summed E-state index contributed by atoms with van der Waals surface area (Å²) in [5.41, 5.74) is 1.45. The van der Waals surface area contributed by atoms with Crippen LogP contribution < -0.4 is 19.5 Å². The Morgan fingerprint density at radius 3 is 2.29 bits per heavy atom. The lowest BCUT2D eigenvalue weighted by Gasteiger charge is -2.19. The van der Waals surface area contributed by atoms with Crippen molar-refractivity contribution >= 4 is 39.1 Å². The monoisotopic (exact) mass is 522 g/mol. The van der Waals surface area contributed by atoms with E-state index in [1.807, 2.05) is 30.3 Å². The molecule has 0 bridgehead atoms. The van der Waals surface area contributed by atoms with Crippen LogP contribution in [0.25, 0.3) is 0 Å². The van der Waals surface area contributed by atoms with Gasteiger partial charge in [-0.25, -0.2) is 8.42 Å². The van der Waals surface area contributed by atoms with Crippen molar-refractivity contribution < 1.29 is 22.7 Å². The highest BCUT2D eigenvalue weighted by Gasteiger charge is 2.27. The molecule has 3 aromatic rings. The number of carbonyl (C=O) groups excluding carboxylic acids is 1. The van der Waals surface area contributed by atoms with Crippen LogP contribution in [0, 0.1) is 0 Å². The summed E-state index contributed by atoms with van der Waals surface area (Å²) in [6.45, 7) is 0.109. The van der Waals surface area contributed by atoms with Crippen molar-refractivity contribution in [1.29, 1.82) is 0 Å². The number of rotatable bonds is 10. The van der Waals surface area contributed by atoms with E-state index in [-0.39, 0.29) is 23.6 Å². The van der Waals surface area contributed by atoms with Gasteiger partial charge >= 0.3 is 0 Å². The Labute approximate surface area is 209 Å². The van der Waals surface area contributed by atoms with Gasteiger partial charge in [0.1, 0.15) is 6.04 Å². The lowest BCUT2D eigenvalue weighted by molar-refractivity contribution is -0.122. The van der Waals surface area contributed by atoms with Crippen molar-refractivity contribution in [3.63, 3.8) is 0 Å². The number of carbonyl (C=O) groups is 1. The van der Waals surface area contributed by atoms with Gasteiger partial charge in [-0.1, -0.05) is 59.6 Å². The second-order valence-electron chi connectivity index (χ2n) is 7.33. The van der Waals surface area contributed by atoms with Crippen LogP contribution in [-0.4, -0.2) is 34.6 Å². The van der Waals surface area contributed by atoms with Crippen molar-refractivity contribution in [3.05, 3.63) is 87.9 Å². The van der Waals surface area contributed by atoms with E-state index in [1.54, 1.807) is 18.2 Å². The second-order valence-corrected chi connectivity index (χ2v) is 9.89. The van der Waals surface area contributed by atoms with Gasteiger partial charge < -0.3 is 14.8 Å². The third-order valence-corrected chi connectivity index (χ3v) is 7.09. The number of nitrogens with one attached hydrogen (secondary N) is 2. The fourth-order valence-electron chi connectivity index (χ4n) is 3.25. The Morgan fingerprint density at radius 2 is 1.65 bits per heavy atom. The molecule has 0 aliphatic carbocycles. The molecule has 0 spiro atoms. The second kappa shape index (κ2) is 11.6. The predicted octanol–water partition coefficient (Wildman–Crippen LogP) is 4.22.